The molecule has 8 rings (SSSR count). The highest BCUT2D eigenvalue weighted by molar-refractivity contribution is 5.67. The van der Waals surface area contributed by atoms with Gasteiger partial charge in [-0.05, 0) is 57.3 Å². The summed E-state index contributed by atoms with van der Waals surface area (Å²) in [5, 5.41) is 0. The van der Waals surface area contributed by atoms with E-state index in [1.807, 2.05) is 104 Å². The van der Waals surface area contributed by atoms with E-state index in [0.717, 1.165) is 35.8 Å². The first-order valence-corrected chi connectivity index (χ1v) is 21.4. The van der Waals surface area contributed by atoms with Gasteiger partial charge in [0.15, 0.2) is 12.2 Å². The Morgan fingerprint density at radius 2 is 1.37 bits per heavy atom. The van der Waals surface area contributed by atoms with Crippen LogP contribution in [0.4, 0.5) is 11.9 Å². The van der Waals surface area contributed by atoms with Crippen LogP contribution in [0, 0.1) is 34.6 Å². The molecule has 8 aromatic rings. The van der Waals surface area contributed by atoms with Gasteiger partial charge >= 0.3 is 34.9 Å². The Labute approximate surface area is 392 Å². The molecule has 7 aromatic heterocycles. The highest BCUT2D eigenvalue weighted by Crippen LogP contribution is 2.04. The van der Waals surface area contributed by atoms with Crippen LogP contribution < -0.4 is 50.1 Å². The van der Waals surface area contributed by atoms with E-state index in [0.29, 0.717) is 11.9 Å². The van der Waals surface area contributed by atoms with Gasteiger partial charge in [-0.1, -0.05) is 45.3 Å². The normalized spacial score (nSPS) is 9.90. The highest BCUT2D eigenvalue weighted by atomic mass is 16.5. The maximum atomic E-state index is 11.3. The third kappa shape index (κ3) is 17.4. The molecule has 0 aliphatic heterocycles. The molecule has 4 N–H and O–H groups in total. The van der Waals surface area contributed by atoms with Crippen LogP contribution >= 0.6 is 0 Å². The zero-order valence-corrected chi connectivity index (χ0v) is 40.6. The summed E-state index contributed by atoms with van der Waals surface area (Å²) in [6.45, 7) is 13.9. The molecule has 1 aromatic carbocycles. The van der Waals surface area contributed by atoms with Crippen molar-refractivity contribution in [1.29, 1.82) is 0 Å². The lowest BCUT2D eigenvalue weighted by Crippen LogP contribution is -2.53. The van der Waals surface area contributed by atoms with Crippen molar-refractivity contribution in [2.24, 2.45) is 28.2 Å². The van der Waals surface area contributed by atoms with Gasteiger partial charge in [-0.25, -0.2) is 32.0 Å². The third-order valence-corrected chi connectivity index (χ3v) is 9.96. The zero-order chi connectivity index (χ0) is 49.5. The van der Waals surface area contributed by atoms with E-state index in [1.165, 1.54) is 33.1 Å². The van der Waals surface area contributed by atoms with Crippen molar-refractivity contribution in [3.63, 3.8) is 0 Å². The third-order valence-electron chi connectivity index (χ3n) is 9.96. The summed E-state index contributed by atoms with van der Waals surface area (Å²) in [6, 6.07) is 25.7. The predicted molar refractivity (Wildman–Crippen MR) is 252 cm³/mol. The molecule has 7 heterocycles. The number of aryl methyl sites for hydroxylation is 8. The molecule has 18 heteroatoms. The number of nitrogens with zero attached hydrogens (tertiary/aromatic N) is 12. The lowest BCUT2D eigenvalue weighted by molar-refractivity contribution is -0.697. The summed E-state index contributed by atoms with van der Waals surface area (Å²) >= 11 is 0. The smallest absolute Gasteiger partial charge is 0.466 e. The maximum Gasteiger partial charge on any atom is 0.497 e. The largest absolute Gasteiger partial charge is 0.497 e. The average Bonchev–Trinajstić information content (AvgIpc) is 3.32. The van der Waals surface area contributed by atoms with Crippen molar-refractivity contribution >= 4 is 23.5 Å². The fourth-order valence-electron chi connectivity index (χ4n) is 5.98. The monoisotopic (exact) mass is 915 g/mol. The average molecular weight is 915 g/mol. The minimum atomic E-state index is -0.275. The van der Waals surface area contributed by atoms with E-state index in [9.17, 15) is 14.4 Å². The number of aromatic nitrogens is 12. The van der Waals surface area contributed by atoms with Crippen LogP contribution in [0.1, 0.15) is 40.8 Å². The van der Waals surface area contributed by atoms with E-state index in [-0.39, 0.29) is 23.9 Å². The van der Waals surface area contributed by atoms with E-state index < -0.39 is 0 Å². The number of nitrogens with two attached hydrogens (primary N) is 2. The van der Waals surface area contributed by atoms with E-state index in [4.69, 9.17) is 11.5 Å². The van der Waals surface area contributed by atoms with Gasteiger partial charge in [-0.15, -0.1) is 0 Å². The molecule has 0 saturated heterocycles. The Kier molecular flexibility index (Phi) is 21.6. The number of benzene rings is 1. The van der Waals surface area contributed by atoms with Gasteiger partial charge in [0.2, 0.25) is 0 Å². The Balaban J connectivity index is 0.000000215. The predicted octanol–water partition coefficient (Wildman–Crippen LogP) is 1.29. The molecule has 0 saturated carbocycles. The Morgan fingerprint density at radius 1 is 0.731 bits per heavy atom. The van der Waals surface area contributed by atoms with Gasteiger partial charge in [0, 0.05) is 48.9 Å². The number of carbonyl (C=O) groups excluding carboxylic acids is 1. The number of hydrogen-bond acceptors (Lipinski definition) is 10. The first-order valence-electron chi connectivity index (χ1n) is 21.4. The highest BCUT2D eigenvalue weighted by Gasteiger charge is 2.11. The summed E-state index contributed by atoms with van der Waals surface area (Å²) in [4.78, 5) is 49.2. The van der Waals surface area contributed by atoms with Crippen molar-refractivity contribution in [2.45, 2.75) is 61.2 Å². The number of ether oxygens (including phenoxy) is 1. The van der Waals surface area contributed by atoms with Crippen molar-refractivity contribution in [3.05, 3.63) is 196 Å². The molecule has 0 fully saturated rings. The molecule has 0 aliphatic carbocycles. The van der Waals surface area contributed by atoms with Crippen molar-refractivity contribution in [2.75, 3.05) is 18.6 Å². The Morgan fingerprint density at radius 3 is 1.93 bits per heavy atom. The van der Waals surface area contributed by atoms with E-state index in [1.54, 1.807) is 91.5 Å². The molecule has 0 bridgehead atoms. The molecule has 0 unspecified atom stereocenters. The van der Waals surface area contributed by atoms with E-state index in [2.05, 4.69) is 67.2 Å². The van der Waals surface area contributed by atoms with Gasteiger partial charge in [-0.3, -0.25) is 11.5 Å². The molecule has 0 spiro atoms. The number of esters is 1. The second-order valence-corrected chi connectivity index (χ2v) is 15.1. The summed E-state index contributed by atoms with van der Waals surface area (Å²) in [6.07, 6.45) is 17.7. The number of methoxy groups -OCH3 is 1. The molecule has 0 atom stereocenters. The van der Waals surface area contributed by atoms with Crippen molar-refractivity contribution in [3.8, 4) is 0 Å². The molecule has 350 valence electrons. The van der Waals surface area contributed by atoms with Gasteiger partial charge < -0.3 is 4.74 Å². The molecule has 0 radical (unpaired) electrons. The Hall–Kier alpha value is -8.15. The van der Waals surface area contributed by atoms with E-state index >= 15 is 0 Å². The number of pyridine rings is 1. The molecule has 67 heavy (non-hydrogen) atoms. The fourth-order valence-corrected chi connectivity index (χ4v) is 5.98. The number of hydrogen-bond donors (Lipinski definition) is 2. The summed E-state index contributed by atoms with van der Waals surface area (Å²) in [5.74, 6) is 0.833. The second kappa shape index (κ2) is 27.2. The van der Waals surface area contributed by atoms with Crippen LogP contribution in [-0.4, -0.2) is 42.1 Å². The molecule has 0 amide bonds. The maximum absolute atomic E-state index is 11.3. The number of fused-ring (bicyclic) bond motifs is 1. The minimum Gasteiger partial charge on any atom is -0.466 e. The lowest BCUT2D eigenvalue weighted by Gasteiger charge is -2.01. The topological polar surface area (TPSA) is 197 Å². The van der Waals surface area contributed by atoms with Crippen LogP contribution in [0.15, 0.2) is 151 Å². The fraction of sp³-hybridized carbons (Fsp3) is 0.286. The summed E-state index contributed by atoms with van der Waals surface area (Å²) < 4.78 is 18.3. The Bertz CT molecular complexity index is 2870. The van der Waals surface area contributed by atoms with Gasteiger partial charge in [0.25, 0.3) is 6.33 Å². The first kappa shape index (κ1) is 53.2. The summed E-state index contributed by atoms with van der Waals surface area (Å²) in [7, 11) is 8.36. The standard InChI is InChI=1S/C11H11N3.C11H13N2.C8H13N2O.C7H9N2O2.C6H9N3.C6H9N2O/c12-11-13-7-4-8-14(11)9-10-5-2-1-3-6-10;1-8-5-4-6-13-10(3)7-9(2)12-11(8)13;1-6-5-7(2)10(4)8(11)9(6)3;1-11-7(10)5-9-4-2-3-8-6-9;1-2-9-5-3-4-8-6(9)7;1-7-4-3-5-8(2)6(7)9/h1-8,12H,9H2;4-7H,1-3H3;5H,1-4H3;2-4,6H,5H2,1H3;3-5,7H,2H2,1H3;3-5H,1-2H3/q;3*+1;;+1/p+2. The van der Waals surface area contributed by atoms with Gasteiger partial charge in [0.1, 0.15) is 35.7 Å². The quantitative estimate of drug-likeness (QED) is 0.188. The van der Waals surface area contributed by atoms with Crippen LogP contribution in [0.3, 0.4) is 0 Å². The van der Waals surface area contributed by atoms with Crippen LogP contribution in [-0.2, 0) is 57.4 Å². The molecular weight excluding hydrogens is 849 g/mol. The second-order valence-electron chi connectivity index (χ2n) is 15.1. The number of carbonyl (C=O) groups is 1. The molecule has 18 nitrogen and oxygen atoms in total. The van der Waals surface area contributed by atoms with Crippen LogP contribution in [0.2, 0.25) is 0 Å². The number of anilines is 2. The van der Waals surface area contributed by atoms with Gasteiger partial charge in [0.05, 0.1) is 85.6 Å². The van der Waals surface area contributed by atoms with Crippen LogP contribution in [0.25, 0.3) is 5.65 Å². The van der Waals surface area contributed by atoms with Gasteiger partial charge in [-0.2, -0.15) is 18.7 Å². The minimum absolute atomic E-state index is 0.00231. The number of rotatable bonds is 5. The lowest BCUT2D eigenvalue weighted by atomic mass is 10.2. The molecular formula is C49H66N14O4+6. The van der Waals surface area contributed by atoms with Crippen molar-refractivity contribution in [1.82, 2.24) is 29.1 Å². The van der Waals surface area contributed by atoms with Crippen LogP contribution in [0.5, 0.6) is 0 Å². The zero-order valence-electron chi connectivity index (χ0n) is 40.6. The first-order chi connectivity index (χ1) is 32.0. The van der Waals surface area contributed by atoms with Crippen molar-refractivity contribution < 1.29 is 36.8 Å². The summed E-state index contributed by atoms with van der Waals surface area (Å²) in [5.41, 5.74) is 19.0. The SMILES string of the molecule is CC[n+]1cccnc1N.COC(=O)C[n+]1cccnc1.Cc1cc(C)[n+](C)c(=O)n1C.Cc1cc(C)[n+]2cccc(C)c2n1.Cn1ccc[n+](C)c1=O.Nc1nccc[n+]1Cc1ccccc1. The number of nitrogen functional groups attached to an aromatic ring is 2. The molecule has 0 aliphatic rings.